The average Bonchev–Trinajstić information content (AvgIpc) is 2.26. The second-order valence-corrected chi connectivity index (χ2v) is 5.94. The highest BCUT2D eigenvalue weighted by atomic mass is 16.1. The van der Waals surface area contributed by atoms with Crippen LogP contribution in [0.3, 0.4) is 0 Å². The summed E-state index contributed by atoms with van der Waals surface area (Å²) in [5.74, 6) is 0.248. The predicted molar refractivity (Wildman–Crippen MR) is 76.9 cm³/mol. The number of benzene rings is 1. The molecular weight excluding hydrogens is 222 g/mol. The SMILES string of the molecule is Cc1ccc(C(=O)CCC(C)(C)CCN)c(C)c1. The Hall–Kier alpha value is -1.15. The Morgan fingerprint density at radius 3 is 2.44 bits per heavy atom. The van der Waals surface area contributed by atoms with Crippen LogP contribution in [0.2, 0.25) is 0 Å². The van der Waals surface area contributed by atoms with Crippen LogP contribution in [0.15, 0.2) is 18.2 Å². The summed E-state index contributed by atoms with van der Waals surface area (Å²) in [6.07, 6.45) is 2.47. The standard InChI is InChI=1S/C16H25NO/c1-12-5-6-14(13(2)11-12)15(18)7-8-16(3,4)9-10-17/h5-6,11H,7-10,17H2,1-4H3. The number of carbonyl (C=O) groups is 1. The first kappa shape index (κ1) is 14.9. The van der Waals surface area contributed by atoms with Crippen molar-refractivity contribution in [2.24, 2.45) is 11.1 Å². The van der Waals surface area contributed by atoms with Crippen molar-refractivity contribution < 1.29 is 4.79 Å². The van der Waals surface area contributed by atoms with Crippen LogP contribution in [0.4, 0.5) is 0 Å². The molecule has 0 spiro atoms. The molecule has 0 aromatic heterocycles. The van der Waals surface area contributed by atoms with E-state index in [1.807, 2.05) is 26.0 Å². The summed E-state index contributed by atoms with van der Waals surface area (Å²) in [4.78, 5) is 12.2. The van der Waals surface area contributed by atoms with Gasteiger partial charge in [-0.15, -0.1) is 0 Å². The van der Waals surface area contributed by atoms with Crippen molar-refractivity contribution >= 4 is 5.78 Å². The minimum absolute atomic E-state index is 0.156. The second-order valence-electron chi connectivity index (χ2n) is 5.94. The van der Waals surface area contributed by atoms with Gasteiger partial charge in [-0.3, -0.25) is 4.79 Å². The number of nitrogens with two attached hydrogens (primary N) is 1. The first-order valence-corrected chi connectivity index (χ1v) is 6.66. The molecule has 100 valence electrons. The Morgan fingerprint density at radius 2 is 1.89 bits per heavy atom. The Bertz CT molecular complexity index is 421. The van der Waals surface area contributed by atoms with E-state index >= 15 is 0 Å². The van der Waals surface area contributed by atoms with Crippen molar-refractivity contribution in [3.63, 3.8) is 0 Å². The summed E-state index contributed by atoms with van der Waals surface area (Å²) in [6, 6.07) is 6.02. The molecule has 2 heteroatoms. The molecule has 1 aromatic carbocycles. The van der Waals surface area contributed by atoms with Crippen molar-refractivity contribution in [1.82, 2.24) is 0 Å². The predicted octanol–water partition coefficient (Wildman–Crippen LogP) is 3.64. The van der Waals surface area contributed by atoms with E-state index in [2.05, 4.69) is 19.9 Å². The molecule has 0 heterocycles. The smallest absolute Gasteiger partial charge is 0.163 e. The molecule has 0 saturated heterocycles. The molecule has 0 saturated carbocycles. The number of carbonyl (C=O) groups excluding carboxylic acids is 1. The van der Waals surface area contributed by atoms with Gasteiger partial charge in [0, 0.05) is 12.0 Å². The van der Waals surface area contributed by atoms with Crippen LogP contribution < -0.4 is 5.73 Å². The van der Waals surface area contributed by atoms with Gasteiger partial charge < -0.3 is 5.73 Å². The van der Waals surface area contributed by atoms with Crippen LogP contribution >= 0.6 is 0 Å². The normalized spacial score (nSPS) is 11.6. The van der Waals surface area contributed by atoms with Crippen LogP contribution in [0.25, 0.3) is 0 Å². The van der Waals surface area contributed by atoms with Crippen LogP contribution in [0.5, 0.6) is 0 Å². The summed E-state index contributed by atoms with van der Waals surface area (Å²) >= 11 is 0. The van der Waals surface area contributed by atoms with E-state index in [0.717, 1.165) is 24.0 Å². The van der Waals surface area contributed by atoms with Gasteiger partial charge in [0.1, 0.15) is 0 Å². The van der Waals surface area contributed by atoms with Crippen molar-refractivity contribution in [3.05, 3.63) is 34.9 Å². The molecule has 0 bridgehead atoms. The van der Waals surface area contributed by atoms with Gasteiger partial charge in [0.15, 0.2) is 5.78 Å². The van der Waals surface area contributed by atoms with Crippen LogP contribution in [-0.2, 0) is 0 Å². The van der Waals surface area contributed by atoms with E-state index in [0.29, 0.717) is 13.0 Å². The number of hydrogen-bond acceptors (Lipinski definition) is 2. The van der Waals surface area contributed by atoms with Crippen molar-refractivity contribution in [1.29, 1.82) is 0 Å². The topological polar surface area (TPSA) is 43.1 Å². The fourth-order valence-electron chi connectivity index (χ4n) is 2.23. The lowest BCUT2D eigenvalue weighted by atomic mass is 9.83. The van der Waals surface area contributed by atoms with E-state index < -0.39 is 0 Å². The molecule has 0 amide bonds. The number of rotatable bonds is 6. The van der Waals surface area contributed by atoms with E-state index in [1.54, 1.807) is 0 Å². The zero-order valence-electron chi connectivity index (χ0n) is 12.0. The third kappa shape index (κ3) is 4.26. The third-order valence-electron chi connectivity index (χ3n) is 3.53. The lowest BCUT2D eigenvalue weighted by molar-refractivity contribution is 0.0961. The molecule has 0 aliphatic heterocycles. The molecule has 0 aliphatic carbocycles. The van der Waals surface area contributed by atoms with E-state index in [-0.39, 0.29) is 11.2 Å². The number of Topliss-reactive ketones (excluding diaryl/α,β-unsaturated/α-hetero) is 1. The average molecular weight is 247 g/mol. The van der Waals surface area contributed by atoms with Gasteiger partial charge in [-0.1, -0.05) is 37.6 Å². The van der Waals surface area contributed by atoms with Gasteiger partial charge in [-0.05, 0) is 44.2 Å². The second kappa shape index (κ2) is 6.14. The van der Waals surface area contributed by atoms with Crippen molar-refractivity contribution in [3.8, 4) is 0 Å². The molecule has 0 radical (unpaired) electrons. The minimum Gasteiger partial charge on any atom is -0.330 e. The number of ketones is 1. The Kier molecular flexibility index (Phi) is 5.09. The molecule has 0 unspecified atom stereocenters. The molecule has 2 N–H and O–H groups in total. The zero-order valence-corrected chi connectivity index (χ0v) is 12.0. The molecule has 18 heavy (non-hydrogen) atoms. The third-order valence-corrected chi connectivity index (χ3v) is 3.53. The Balaban J connectivity index is 2.66. The molecular formula is C16H25NO. The van der Waals surface area contributed by atoms with Gasteiger partial charge in [-0.2, -0.15) is 0 Å². The van der Waals surface area contributed by atoms with Crippen molar-refractivity contribution in [2.75, 3.05) is 6.54 Å². The summed E-state index contributed by atoms with van der Waals surface area (Å²) in [5.41, 5.74) is 8.89. The molecule has 1 rings (SSSR count). The highest BCUT2D eigenvalue weighted by Crippen LogP contribution is 2.27. The van der Waals surface area contributed by atoms with Gasteiger partial charge in [0.05, 0.1) is 0 Å². The Morgan fingerprint density at radius 1 is 1.22 bits per heavy atom. The first-order chi connectivity index (χ1) is 8.35. The quantitative estimate of drug-likeness (QED) is 0.780. The lowest BCUT2D eigenvalue weighted by Crippen LogP contribution is -2.18. The maximum absolute atomic E-state index is 12.2. The number of hydrogen-bond donors (Lipinski definition) is 1. The zero-order chi connectivity index (χ0) is 13.8. The Labute approximate surface area is 111 Å². The maximum Gasteiger partial charge on any atom is 0.163 e. The molecule has 0 aliphatic rings. The van der Waals surface area contributed by atoms with E-state index in [4.69, 9.17) is 5.73 Å². The first-order valence-electron chi connectivity index (χ1n) is 6.66. The monoisotopic (exact) mass is 247 g/mol. The van der Waals surface area contributed by atoms with Crippen LogP contribution in [-0.4, -0.2) is 12.3 Å². The molecule has 1 aromatic rings. The van der Waals surface area contributed by atoms with E-state index in [1.165, 1.54) is 5.56 Å². The summed E-state index contributed by atoms with van der Waals surface area (Å²) in [5, 5.41) is 0. The van der Waals surface area contributed by atoms with Gasteiger partial charge in [0.25, 0.3) is 0 Å². The lowest BCUT2D eigenvalue weighted by Gasteiger charge is -2.23. The van der Waals surface area contributed by atoms with Crippen LogP contribution in [0.1, 0.15) is 54.6 Å². The fourth-order valence-corrected chi connectivity index (χ4v) is 2.23. The minimum atomic E-state index is 0.156. The fraction of sp³-hybridized carbons (Fsp3) is 0.562. The van der Waals surface area contributed by atoms with E-state index in [9.17, 15) is 4.79 Å². The summed E-state index contributed by atoms with van der Waals surface area (Å²) < 4.78 is 0. The highest BCUT2D eigenvalue weighted by Gasteiger charge is 2.19. The summed E-state index contributed by atoms with van der Waals surface area (Å²) in [7, 11) is 0. The molecule has 0 fully saturated rings. The van der Waals surface area contributed by atoms with Gasteiger partial charge >= 0.3 is 0 Å². The van der Waals surface area contributed by atoms with Gasteiger partial charge in [0.2, 0.25) is 0 Å². The number of aryl methyl sites for hydroxylation is 2. The van der Waals surface area contributed by atoms with Gasteiger partial charge in [-0.25, -0.2) is 0 Å². The van der Waals surface area contributed by atoms with Crippen molar-refractivity contribution in [2.45, 2.75) is 47.0 Å². The summed E-state index contributed by atoms with van der Waals surface area (Å²) in [6.45, 7) is 9.09. The molecule has 2 nitrogen and oxygen atoms in total. The largest absolute Gasteiger partial charge is 0.330 e. The highest BCUT2D eigenvalue weighted by molar-refractivity contribution is 5.97. The van der Waals surface area contributed by atoms with Crippen LogP contribution in [0, 0.1) is 19.3 Å². The molecule has 0 atom stereocenters. The maximum atomic E-state index is 12.2.